The molecule has 2 rings (SSSR count). The van der Waals surface area contributed by atoms with Gasteiger partial charge in [0, 0.05) is 5.56 Å². The van der Waals surface area contributed by atoms with Gasteiger partial charge in [-0.2, -0.15) is 0 Å². The summed E-state index contributed by atoms with van der Waals surface area (Å²) >= 11 is 0. The van der Waals surface area contributed by atoms with Gasteiger partial charge in [-0.05, 0) is 61.6 Å². The molecule has 0 amide bonds. The van der Waals surface area contributed by atoms with E-state index in [0.717, 1.165) is 11.1 Å². The standard InChI is InChI=1S/C16H17F/c1-10-5-6-15(16(17)7-10)14-8-11(2)13(4)12(3)9-14/h5-9H,1-4H3. The van der Waals surface area contributed by atoms with Gasteiger partial charge >= 0.3 is 0 Å². The third-order valence-electron chi connectivity index (χ3n) is 3.36. The Morgan fingerprint density at radius 1 is 0.824 bits per heavy atom. The minimum atomic E-state index is -0.146. The van der Waals surface area contributed by atoms with Crippen molar-refractivity contribution >= 4 is 0 Å². The Morgan fingerprint density at radius 3 is 1.94 bits per heavy atom. The fourth-order valence-corrected chi connectivity index (χ4v) is 2.05. The van der Waals surface area contributed by atoms with E-state index in [1.165, 1.54) is 16.7 Å². The van der Waals surface area contributed by atoms with Gasteiger partial charge in [0.25, 0.3) is 0 Å². The predicted molar refractivity (Wildman–Crippen MR) is 70.8 cm³/mol. The number of hydrogen-bond acceptors (Lipinski definition) is 0. The van der Waals surface area contributed by atoms with Crippen molar-refractivity contribution in [3.8, 4) is 11.1 Å². The lowest BCUT2D eigenvalue weighted by Crippen LogP contribution is -1.91. The topological polar surface area (TPSA) is 0 Å². The Bertz CT molecular complexity index is 545. The van der Waals surface area contributed by atoms with E-state index in [-0.39, 0.29) is 5.82 Å². The summed E-state index contributed by atoms with van der Waals surface area (Å²) in [5.41, 5.74) is 6.29. The van der Waals surface area contributed by atoms with Gasteiger partial charge in [-0.1, -0.05) is 24.3 Å². The monoisotopic (exact) mass is 228 g/mol. The van der Waals surface area contributed by atoms with E-state index in [9.17, 15) is 4.39 Å². The number of aryl methyl sites for hydroxylation is 3. The summed E-state index contributed by atoms with van der Waals surface area (Å²) in [6.07, 6.45) is 0. The number of hydrogen-bond donors (Lipinski definition) is 0. The first-order valence-corrected chi connectivity index (χ1v) is 5.83. The molecule has 0 heterocycles. The van der Waals surface area contributed by atoms with Gasteiger partial charge in [-0.15, -0.1) is 0 Å². The van der Waals surface area contributed by atoms with Gasteiger partial charge in [0.2, 0.25) is 0 Å². The van der Waals surface area contributed by atoms with Gasteiger partial charge in [0.1, 0.15) is 5.82 Å². The minimum Gasteiger partial charge on any atom is -0.206 e. The average Bonchev–Trinajstić information content (AvgIpc) is 2.25. The molecule has 0 aliphatic heterocycles. The molecule has 0 saturated carbocycles. The quantitative estimate of drug-likeness (QED) is 0.662. The zero-order valence-electron chi connectivity index (χ0n) is 10.8. The SMILES string of the molecule is Cc1ccc(-c2cc(C)c(C)c(C)c2)c(F)c1. The van der Waals surface area contributed by atoms with Gasteiger partial charge in [0.05, 0.1) is 0 Å². The van der Waals surface area contributed by atoms with Crippen molar-refractivity contribution in [1.29, 1.82) is 0 Å². The van der Waals surface area contributed by atoms with Crippen LogP contribution in [0.1, 0.15) is 22.3 Å². The molecule has 0 nitrogen and oxygen atoms in total. The van der Waals surface area contributed by atoms with E-state index < -0.39 is 0 Å². The van der Waals surface area contributed by atoms with Crippen LogP contribution in [0, 0.1) is 33.5 Å². The van der Waals surface area contributed by atoms with Crippen molar-refractivity contribution in [1.82, 2.24) is 0 Å². The lowest BCUT2D eigenvalue weighted by Gasteiger charge is -2.10. The number of halogens is 1. The molecule has 0 spiro atoms. The van der Waals surface area contributed by atoms with Crippen LogP contribution < -0.4 is 0 Å². The van der Waals surface area contributed by atoms with Crippen molar-refractivity contribution in [3.05, 3.63) is 58.4 Å². The summed E-state index contributed by atoms with van der Waals surface area (Å²) in [6, 6.07) is 9.49. The molecule has 0 bridgehead atoms. The molecule has 2 aromatic rings. The van der Waals surface area contributed by atoms with Crippen LogP contribution in [0.5, 0.6) is 0 Å². The Morgan fingerprint density at radius 2 is 1.41 bits per heavy atom. The van der Waals surface area contributed by atoms with Gasteiger partial charge in [-0.3, -0.25) is 0 Å². The summed E-state index contributed by atoms with van der Waals surface area (Å²) in [7, 11) is 0. The van der Waals surface area contributed by atoms with E-state index in [1.807, 2.05) is 19.1 Å². The lowest BCUT2D eigenvalue weighted by molar-refractivity contribution is 0.630. The van der Waals surface area contributed by atoms with Gasteiger partial charge in [0.15, 0.2) is 0 Å². The molecule has 17 heavy (non-hydrogen) atoms. The molecule has 0 fully saturated rings. The Hall–Kier alpha value is -1.63. The highest BCUT2D eigenvalue weighted by molar-refractivity contribution is 5.67. The van der Waals surface area contributed by atoms with Gasteiger partial charge < -0.3 is 0 Å². The van der Waals surface area contributed by atoms with Crippen LogP contribution in [-0.4, -0.2) is 0 Å². The Labute approximate surface area is 102 Å². The smallest absolute Gasteiger partial charge is 0.131 e. The zero-order valence-corrected chi connectivity index (χ0v) is 10.8. The molecule has 0 saturated heterocycles. The maximum Gasteiger partial charge on any atom is 0.131 e. The second kappa shape index (κ2) is 4.33. The van der Waals surface area contributed by atoms with E-state index in [1.54, 1.807) is 6.07 Å². The van der Waals surface area contributed by atoms with Crippen molar-refractivity contribution in [2.24, 2.45) is 0 Å². The lowest BCUT2D eigenvalue weighted by atomic mass is 9.96. The van der Waals surface area contributed by atoms with Crippen molar-refractivity contribution in [3.63, 3.8) is 0 Å². The maximum absolute atomic E-state index is 13.9. The Kier molecular flexibility index (Phi) is 3.01. The summed E-state index contributed by atoms with van der Waals surface area (Å²) < 4.78 is 13.9. The van der Waals surface area contributed by atoms with E-state index in [0.29, 0.717) is 5.56 Å². The highest BCUT2D eigenvalue weighted by atomic mass is 19.1. The fraction of sp³-hybridized carbons (Fsp3) is 0.250. The molecule has 0 radical (unpaired) electrons. The second-order valence-electron chi connectivity index (χ2n) is 4.72. The Balaban J connectivity index is 2.61. The normalized spacial score (nSPS) is 10.6. The summed E-state index contributed by atoms with van der Waals surface area (Å²) in [5.74, 6) is -0.146. The first-order chi connectivity index (χ1) is 7.99. The fourth-order valence-electron chi connectivity index (χ4n) is 2.05. The molecule has 0 atom stereocenters. The van der Waals surface area contributed by atoms with E-state index >= 15 is 0 Å². The van der Waals surface area contributed by atoms with Crippen LogP contribution in [0.3, 0.4) is 0 Å². The van der Waals surface area contributed by atoms with E-state index in [2.05, 4.69) is 32.9 Å². The van der Waals surface area contributed by atoms with Crippen LogP contribution >= 0.6 is 0 Å². The molecule has 0 N–H and O–H groups in total. The molecular formula is C16H17F. The minimum absolute atomic E-state index is 0.146. The highest BCUT2D eigenvalue weighted by Crippen LogP contribution is 2.27. The zero-order chi connectivity index (χ0) is 12.6. The first-order valence-electron chi connectivity index (χ1n) is 5.83. The van der Waals surface area contributed by atoms with E-state index in [4.69, 9.17) is 0 Å². The predicted octanol–water partition coefficient (Wildman–Crippen LogP) is 4.73. The molecule has 1 heteroatoms. The third-order valence-corrected chi connectivity index (χ3v) is 3.36. The molecule has 0 aliphatic carbocycles. The largest absolute Gasteiger partial charge is 0.206 e. The first kappa shape index (κ1) is 11.8. The third kappa shape index (κ3) is 2.23. The molecule has 0 aromatic heterocycles. The van der Waals surface area contributed by atoms with Gasteiger partial charge in [-0.25, -0.2) is 4.39 Å². The van der Waals surface area contributed by atoms with Crippen LogP contribution in [0.15, 0.2) is 30.3 Å². The molecule has 0 unspecified atom stereocenters. The molecular weight excluding hydrogens is 211 g/mol. The van der Waals surface area contributed by atoms with Crippen LogP contribution in [0.25, 0.3) is 11.1 Å². The van der Waals surface area contributed by atoms with Crippen LogP contribution in [0.4, 0.5) is 4.39 Å². The van der Waals surface area contributed by atoms with Crippen LogP contribution in [0.2, 0.25) is 0 Å². The maximum atomic E-state index is 13.9. The highest BCUT2D eigenvalue weighted by Gasteiger charge is 2.07. The number of rotatable bonds is 1. The summed E-state index contributed by atoms with van der Waals surface area (Å²) in [4.78, 5) is 0. The van der Waals surface area contributed by atoms with Crippen molar-refractivity contribution in [2.45, 2.75) is 27.7 Å². The second-order valence-corrected chi connectivity index (χ2v) is 4.72. The molecule has 88 valence electrons. The molecule has 2 aromatic carbocycles. The number of benzene rings is 2. The van der Waals surface area contributed by atoms with Crippen molar-refractivity contribution < 1.29 is 4.39 Å². The summed E-state index contributed by atoms with van der Waals surface area (Å²) in [6.45, 7) is 8.13. The van der Waals surface area contributed by atoms with Crippen molar-refractivity contribution in [2.75, 3.05) is 0 Å². The summed E-state index contributed by atoms with van der Waals surface area (Å²) in [5, 5.41) is 0. The molecule has 0 aliphatic rings. The van der Waals surface area contributed by atoms with Crippen LogP contribution in [-0.2, 0) is 0 Å². The average molecular weight is 228 g/mol.